The number of halogens is 2. The lowest BCUT2D eigenvalue weighted by Gasteiger charge is -2.06. The van der Waals surface area contributed by atoms with Crippen LogP contribution in [0.2, 0.25) is 0 Å². The first-order chi connectivity index (χ1) is 6.70. The molecule has 0 spiro atoms. The van der Waals surface area contributed by atoms with Crippen molar-refractivity contribution < 1.29 is 0 Å². The Bertz CT molecular complexity index is 341. The first-order valence-corrected chi connectivity index (χ1v) is 6.37. The smallest absolute Gasteiger partial charge is 0.140 e. The van der Waals surface area contributed by atoms with Crippen molar-refractivity contribution in [1.82, 2.24) is 4.98 Å². The third kappa shape index (κ3) is 2.28. The van der Waals surface area contributed by atoms with Gasteiger partial charge < -0.3 is 5.32 Å². The first kappa shape index (κ1) is 10.4. The van der Waals surface area contributed by atoms with Gasteiger partial charge in [0.15, 0.2) is 0 Å². The predicted molar refractivity (Wildman–Crippen MR) is 65.4 cm³/mol. The molecule has 1 aliphatic rings. The molecule has 2 nitrogen and oxygen atoms in total. The van der Waals surface area contributed by atoms with Crippen LogP contribution in [0.4, 0.5) is 5.82 Å². The topological polar surface area (TPSA) is 24.9 Å². The molecule has 0 radical (unpaired) electrons. The fourth-order valence-electron chi connectivity index (χ4n) is 1.57. The van der Waals surface area contributed by atoms with Crippen LogP contribution in [-0.4, -0.2) is 11.0 Å². The Morgan fingerprint density at radius 3 is 2.93 bits per heavy atom. The third-order valence-electron chi connectivity index (χ3n) is 2.58. The number of rotatable bonds is 3. The molecule has 2 atom stereocenters. The van der Waals surface area contributed by atoms with Gasteiger partial charge in [0.1, 0.15) is 5.82 Å². The van der Waals surface area contributed by atoms with Crippen molar-refractivity contribution in [3.63, 3.8) is 0 Å². The summed E-state index contributed by atoms with van der Waals surface area (Å²) in [6.45, 7) is 2.23. The number of hydrogen-bond acceptors (Lipinski definition) is 2. The van der Waals surface area contributed by atoms with Crippen molar-refractivity contribution in [3.05, 3.63) is 21.2 Å². The van der Waals surface area contributed by atoms with Gasteiger partial charge in [-0.15, -0.1) is 0 Å². The van der Waals surface area contributed by atoms with Gasteiger partial charge >= 0.3 is 0 Å². The summed E-state index contributed by atoms with van der Waals surface area (Å²) >= 11 is 6.87. The van der Waals surface area contributed by atoms with Gasteiger partial charge in [-0.25, -0.2) is 4.98 Å². The summed E-state index contributed by atoms with van der Waals surface area (Å²) < 4.78 is 2.02. The first-order valence-electron chi connectivity index (χ1n) is 4.78. The van der Waals surface area contributed by atoms with Crippen LogP contribution in [0.5, 0.6) is 0 Å². The summed E-state index contributed by atoms with van der Waals surface area (Å²) in [5.74, 6) is 1.79. The molecule has 76 valence electrons. The monoisotopic (exact) mass is 318 g/mol. The van der Waals surface area contributed by atoms with Crippen molar-refractivity contribution >= 4 is 37.7 Å². The minimum Gasteiger partial charge on any atom is -0.366 e. The van der Waals surface area contributed by atoms with Crippen LogP contribution in [0.3, 0.4) is 0 Å². The Kier molecular flexibility index (Phi) is 3.12. The molecular formula is C10H12Br2N2. The number of pyridine rings is 1. The van der Waals surface area contributed by atoms with Crippen LogP contribution in [0.15, 0.2) is 21.2 Å². The highest BCUT2D eigenvalue weighted by Gasteiger charge is 2.35. The second-order valence-electron chi connectivity index (χ2n) is 3.64. The highest BCUT2D eigenvalue weighted by atomic mass is 79.9. The SMILES string of the molecule is CCC1CC1Nc1ncc(Br)cc1Br. The molecular weight excluding hydrogens is 308 g/mol. The van der Waals surface area contributed by atoms with E-state index in [9.17, 15) is 0 Å². The minimum absolute atomic E-state index is 0.630. The second kappa shape index (κ2) is 4.19. The van der Waals surface area contributed by atoms with Crippen LogP contribution in [-0.2, 0) is 0 Å². The van der Waals surface area contributed by atoms with E-state index in [0.717, 1.165) is 20.7 Å². The molecule has 1 N–H and O–H groups in total. The summed E-state index contributed by atoms with van der Waals surface area (Å²) in [4.78, 5) is 4.32. The Labute approximate surface area is 101 Å². The van der Waals surface area contributed by atoms with Gasteiger partial charge in [-0.3, -0.25) is 0 Å². The molecule has 2 rings (SSSR count). The van der Waals surface area contributed by atoms with Gasteiger partial charge in [-0.1, -0.05) is 13.3 Å². The normalized spacial score (nSPS) is 24.8. The molecule has 1 fully saturated rings. The lowest BCUT2D eigenvalue weighted by molar-refractivity contribution is 0.773. The summed E-state index contributed by atoms with van der Waals surface area (Å²) in [6, 6.07) is 2.64. The van der Waals surface area contributed by atoms with E-state index in [4.69, 9.17) is 0 Å². The Balaban J connectivity index is 2.03. The molecule has 1 saturated carbocycles. The van der Waals surface area contributed by atoms with E-state index in [1.54, 1.807) is 0 Å². The summed E-state index contributed by atoms with van der Waals surface area (Å²) in [6.07, 6.45) is 4.35. The Morgan fingerprint density at radius 1 is 1.57 bits per heavy atom. The molecule has 2 unspecified atom stereocenters. The molecule has 0 saturated heterocycles. The highest BCUT2D eigenvalue weighted by molar-refractivity contribution is 9.11. The molecule has 0 aromatic carbocycles. The Hall–Kier alpha value is -0.0900. The van der Waals surface area contributed by atoms with Gasteiger partial charge in [-0.2, -0.15) is 0 Å². The van der Waals surface area contributed by atoms with Gasteiger partial charge in [0.05, 0.1) is 4.47 Å². The number of nitrogens with zero attached hydrogens (tertiary/aromatic N) is 1. The molecule has 14 heavy (non-hydrogen) atoms. The fourth-order valence-corrected chi connectivity index (χ4v) is 2.67. The number of hydrogen-bond donors (Lipinski definition) is 1. The molecule has 1 aromatic heterocycles. The van der Waals surface area contributed by atoms with Crippen LogP contribution >= 0.6 is 31.9 Å². The van der Waals surface area contributed by atoms with Crippen LogP contribution in [0.25, 0.3) is 0 Å². The van der Waals surface area contributed by atoms with E-state index >= 15 is 0 Å². The zero-order valence-corrected chi connectivity index (χ0v) is 11.1. The maximum absolute atomic E-state index is 4.32. The molecule has 0 aliphatic heterocycles. The van der Waals surface area contributed by atoms with E-state index in [1.807, 2.05) is 12.3 Å². The zero-order chi connectivity index (χ0) is 10.1. The zero-order valence-electron chi connectivity index (χ0n) is 7.93. The second-order valence-corrected chi connectivity index (χ2v) is 5.41. The van der Waals surface area contributed by atoms with E-state index in [2.05, 4.69) is 49.1 Å². The number of aromatic nitrogens is 1. The van der Waals surface area contributed by atoms with Crippen LogP contribution in [0, 0.1) is 5.92 Å². The minimum atomic E-state index is 0.630. The van der Waals surface area contributed by atoms with Crippen molar-refractivity contribution in [3.8, 4) is 0 Å². The quantitative estimate of drug-likeness (QED) is 0.916. The van der Waals surface area contributed by atoms with E-state index in [0.29, 0.717) is 6.04 Å². The lowest BCUT2D eigenvalue weighted by Crippen LogP contribution is -2.06. The van der Waals surface area contributed by atoms with Gasteiger partial charge in [0.2, 0.25) is 0 Å². The van der Waals surface area contributed by atoms with Crippen molar-refractivity contribution in [1.29, 1.82) is 0 Å². The summed E-state index contributed by atoms with van der Waals surface area (Å²) in [5, 5.41) is 3.43. The van der Waals surface area contributed by atoms with E-state index in [-0.39, 0.29) is 0 Å². The van der Waals surface area contributed by atoms with Crippen molar-refractivity contribution in [2.75, 3.05) is 5.32 Å². The molecule has 0 amide bonds. The standard InChI is InChI=1S/C10H12Br2N2/c1-2-6-3-9(6)14-10-8(12)4-7(11)5-13-10/h4-6,9H,2-3H2,1H3,(H,13,14). The average molecular weight is 320 g/mol. The maximum Gasteiger partial charge on any atom is 0.140 e. The fraction of sp³-hybridized carbons (Fsp3) is 0.500. The highest BCUT2D eigenvalue weighted by Crippen LogP contribution is 2.37. The van der Waals surface area contributed by atoms with Gasteiger partial charge in [0.25, 0.3) is 0 Å². The maximum atomic E-state index is 4.32. The molecule has 1 heterocycles. The van der Waals surface area contributed by atoms with Crippen LogP contribution in [0.1, 0.15) is 19.8 Å². The third-order valence-corrected chi connectivity index (χ3v) is 3.62. The van der Waals surface area contributed by atoms with Crippen LogP contribution < -0.4 is 5.32 Å². The summed E-state index contributed by atoms with van der Waals surface area (Å²) in [5.41, 5.74) is 0. The number of nitrogens with one attached hydrogen (secondary N) is 1. The summed E-state index contributed by atoms with van der Waals surface area (Å²) in [7, 11) is 0. The van der Waals surface area contributed by atoms with E-state index in [1.165, 1.54) is 12.8 Å². The molecule has 1 aromatic rings. The van der Waals surface area contributed by atoms with Crippen molar-refractivity contribution in [2.45, 2.75) is 25.8 Å². The molecule has 4 heteroatoms. The van der Waals surface area contributed by atoms with Gasteiger partial charge in [0, 0.05) is 16.7 Å². The van der Waals surface area contributed by atoms with Gasteiger partial charge in [-0.05, 0) is 50.3 Å². The molecule has 1 aliphatic carbocycles. The number of anilines is 1. The van der Waals surface area contributed by atoms with Crippen molar-refractivity contribution in [2.24, 2.45) is 5.92 Å². The lowest BCUT2D eigenvalue weighted by atomic mass is 10.3. The molecule has 0 bridgehead atoms. The predicted octanol–water partition coefficient (Wildman–Crippen LogP) is 3.82. The Morgan fingerprint density at radius 2 is 2.36 bits per heavy atom. The largest absolute Gasteiger partial charge is 0.366 e. The average Bonchev–Trinajstić information content (AvgIpc) is 2.89. The van der Waals surface area contributed by atoms with E-state index < -0.39 is 0 Å².